The van der Waals surface area contributed by atoms with E-state index in [0.717, 1.165) is 18.1 Å². The normalized spacial score (nSPS) is 9.88. The molecule has 3 N–H and O–H groups in total. The van der Waals surface area contributed by atoms with Crippen molar-refractivity contribution in [2.75, 3.05) is 25.1 Å². The Morgan fingerprint density at radius 1 is 1.62 bits per heavy atom. The van der Waals surface area contributed by atoms with Crippen molar-refractivity contribution in [3.8, 4) is 5.75 Å². The van der Waals surface area contributed by atoms with Gasteiger partial charge in [0.2, 0.25) is 0 Å². The average Bonchev–Trinajstić information content (AvgIpc) is 2.30. The second kappa shape index (κ2) is 5.95. The van der Waals surface area contributed by atoms with Crippen molar-refractivity contribution in [3.63, 3.8) is 0 Å². The van der Waals surface area contributed by atoms with Crippen molar-refractivity contribution in [2.24, 2.45) is 5.73 Å². The topological polar surface area (TPSA) is 75.2 Å². The number of ether oxygens (including phenoxy) is 1. The smallest absolute Gasteiger partial charge is 0.171 e. The lowest BCUT2D eigenvalue weighted by Gasteiger charge is -2.23. The Bertz CT molecular complexity index is 354. The van der Waals surface area contributed by atoms with E-state index in [2.05, 4.69) is 4.98 Å². The minimum Gasteiger partial charge on any atom is -0.493 e. The third-order valence-electron chi connectivity index (χ3n) is 2.30. The molecule has 0 unspecified atom stereocenters. The van der Waals surface area contributed by atoms with Crippen LogP contribution in [0, 0.1) is 5.41 Å². The van der Waals surface area contributed by atoms with Gasteiger partial charge in [-0.2, -0.15) is 0 Å². The number of nitrogens with two attached hydrogens (primary N) is 1. The van der Waals surface area contributed by atoms with Crippen LogP contribution in [0.5, 0.6) is 5.75 Å². The maximum Gasteiger partial charge on any atom is 0.171 e. The fourth-order valence-corrected chi connectivity index (χ4v) is 1.45. The molecule has 16 heavy (non-hydrogen) atoms. The van der Waals surface area contributed by atoms with Crippen LogP contribution in [0.15, 0.2) is 18.3 Å². The molecule has 0 aliphatic rings. The molecular weight excluding hydrogens is 204 g/mol. The van der Waals surface area contributed by atoms with Gasteiger partial charge in [0.05, 0.1) is 12.9 Å². The van der Waals surface area contributed by atoms with E-state index in [9.17, 15) is 0 Å². The predicted molar refractivity (Wildman–Crippen MR) is 65.2 cm³/mol. The number of amidine groups is 1. The summed E-state index contributed by atoms with van der Waals surface area (Å²) in [7, 11) is 1.62. The minimum atomic E-state index is 0.188. The standard InChI is InChI=1S/C11H18N4O/c1-3-15(8-6-10(12)13)11-9(16-2)5-4-7-14-11/h4-5,7H,3,6,8H2,1-2H3,(H3,12,13). The van der Waals surface area contributed by atoms with Crippen molar-refractivity contribution < 1.29 is 4.74 Å². The van der Waals surface area contributed by atoms with Gasteiger partial charge in [0.15, 0.2) is 11.6 Å². The highest BCUT2D eigenvalue weighted by molar-refractivity contribution is 5.77. The molecule has 1 aromatic heterocycles. The Kier molecular flexibility index (Phi) is 4.57. The third-order valence-corrected chi connectivity index (χ3v) is 2.30. The van der Waals surface area contributed by atoms with E-state index in [1.807, 2.05) is 24.0 Å². The van der Waals surface area contributed by atoms with Crippen LogP contribution in [0.3, 0.4) is 0 Å². The summed E-state index contributed by atoms with van der Waals surface area (Å²) in [5.41, 5.74) is 5.35. The largest absolute Gasteiger partial charge is 0.493 e. The average molecular weight is 222 g/mol. The molecule has 0 saturated carbocycles. The van der Waals surface area contributed by atoms with Crippen molar-refractivity contribution >= 4 is 11.7 Å². The highest BCUT2D eigenvalue weighted by atomic mass is 16.5. The first-order chi connectivity index (χ1) is 7.69. The lowest BCUT2D eigenvalue weighted by Crippen LogP contribution is -2.28. The van der Waals surface area contributed by atoms with Crippen LogP contribution in [0.25, 0.3) is 0 Å². The van der Waals surface area contributed by atoms with Crippen LogP contribution < -0.4 is 15.4 Å². The van der Waals surface area contributed by atoms with Crippen LogP contribution in [-0.4, -0.2) is 31.0 Å². The van der Waals surface area contributed by atoms with Crippen LogP contribution in [-0.2, 0) is 0 Å². The van der Waals surface area contributed by atoms with Crippen LogP contribution >= 0.6 is 0 Å². The summed E-state index contributed by atoms with van der Waals surface area (Å²) in [5, 5.41) is 7.22. The van der Waals surface area contributed by atoms with Crippen molar-refractivity contribution in [3.05, 3.63) is 18.3 Å². The molecule has 0 fully saturated rings. The summed E-state index contributed by atoms with van der Waals surface area (Å²) in [6.45, 7) is 3.52. The molecule has 0 amide bonds. The van der Waals surface area contributed by atoms with Gasteiger partial charge in [-0.3, -0.25) is 5.41 Å². The number of hydrogen-bond acceptors (Lipinski definition) is 4. The van der Waals surface area contributed by atoms with Gasteiger partial charge in [-0.15, -0.1) is 0 Å². The first-order valence-corrected chi connectivity index (χ1v) is 5.25. The number of nitrogens with zero attached hydrogens (tertiary/aromatic N) is 2. The molecule has 88 valence electrons. The Hall–Kier alpha value is -1.78. The number of aromatic nitrogens is 1. The second-order valence-corrected chi connectivity index (χ2v) is 3.38. The fraction of sp³-hybridized carbons (Fsp3) is 0.455. The van der Waals surface area contributed by atoms with Crippen LogP contribution in [0.4, 0.5) is 5.82 Å². The molecule has 0 spiro atoms. The summed E-state index contributed by atoms with van der Waals surface area (Å²) in [6, 6.07) is 3.71. The Labute approximate surface area is 95.7 Å². The quantitative estimate of drug-likeness (QED) is 0.561. The molecule has 1 rings (SSSR count). The molecule has 1 aromatic rings. The fourth-order valence-electron chi connectivity index (χ4n) is 1.45. The van der Waals surface area contributed by atoms with E-state index in [0.29, 0.717) is 13.0 Å². The molecule has 0 saturated heterocycles. The molecule has 0 atom stereocenters. The number of hydrogen-bond donors (Lipinski definition) is 2. The highest BCUT2D eigenvalue weighted by Crippen LogP contribution is 2.24. The molecule has 0 aliphatic heterocycles. The first kappa shape index (κ1) is 12.3. The lowest BCUT2D eigenvalue weighted by atomic mass is 10.3. The SMILES string of the molecule is CCN(CCC(=N)N)c1ncccc1OC. The van der Waals surface area contributed by atoms with Gasteiger partial charge in [0, 0.05) is 25.7 Å². The van der Waals surface area contributed by atoms with Gasteiger partial charge in [0.25, 0.3) is 0 Å². The number of methoxy groups -OCH3 is 1. The summed E-state index contributed by atoms with van der Waals surface area (Å²) in [4.78, 5) is 6.33. The van der Waals surface area contributed by atoms with Gasteiger partial charge in [-0.1, -0.05) is 0 Å². The zero-order chi connectivity index (χ0) is 12.0. The van der Waals surface area contributed by atoms with Crippen molar-refractivity contribution in [1.82, 2.24) is 4.98 Å². The number of anilines is 1. The zero-order valence-electron chi connectivity index (χ0n) is 9.73. The molecule has 5 nitrogen and oxygen atoms in total. The van der Waals surface area contributed by atoms with Gasteiger partial charge in [-0.05, 0) is 19.1 Å². The van der Waals surface area contributed by atoms with E-state index < -0.39 is 0 Å². The lowest BCUT2D eigenvalue weighted by molar-refractivity contribution is 0.412. The van der Waals surface area contributed by atoms with Gasteiger partial charge in [0.1, 0.15) is 0 Å². The van der Waals surface area contributed by atoms with E-state index in [4.69, 9.17) is 15.9 Å². The second-order valence-electron chi connectivity index (χ2n) is 3.38. The summed E-state index contributed by atoms with van der Waals surface area (Å²) in [6.07, 6.45) is 2.27. The molecule has 5 heteroatoms. The number of pyridine rings is 1. The van der Waals surface area contributed by atoms with E-state index in [-0.39, 0.29) is 5.84 Å². The molecule has 0 radical (unpaired) electrons. The van der Waals surface area contributed by atoms with Gasteiger partial charge >= 0.3 is 0 Å². The molecular formula is C11H18N4O. The first-order valence-electron chi connectivity index (χ1n) is 5.25. The van der Waals surface area contributed by atoms with E-state index in [1.165, 1.54) is 0 Å². The summed E-state index contributed by atoms with van der Waals surface area (Å²) in [5.74, 6) is 1.73. The highest BCUT2D eigenvalue weighted by Gasteiger charge is 2.11. The molecule has 0 aromatic carbocycles. The molecule has 0 bridgehead atoms. The van der Waals surface area contributed by atoms with Crippen LogP contribution in [0.2, 0.25) is 0 Å². The Balaban J connectivity index is 2.81. The molecule has 0 aliphatic carbocycles. The maximum absolute atomic E-state index is 7.22. The maximum atomic E-state index is 7.22. The number of rotatable bonds is 6. The third kappa shape index (κ3) is 3.12. The molecule has 1 heterocycles. The summed E-state index contributed by atoms with van der Waals surface area (Å²) >= 11 is 0. The minimum absolute atomic E-state index is 0.188. The zero-order valence-corrected chi connectivity index (χ0v) is 9.73. The Morgan fingerprint density at radius 2 is 2.38 bits per heavy atom. The summed E-state index contributed by atoms with van der Waals surface area (Å²) < 4.78 is 5.25. The Morgan fingerprint density at radius 3 is 2.94 bits per heavy atom. The number of nitrogens with one attached hydrogen (secondary N) is 1. The van der Waals surface area contributed by atoms with Crippen molar-refractivity contribution in [2.45, 2.75) is 13.3 Å². The van der Waals surface area contributed by atoms with Gasteiger partial charge in [-0.25, -0.2) is 4.98 Å². The predicted octanol–water partition coefficient (Wildman–Crippen LogP) is 1.24. The van der Waals surface area contributed by atoms with Crippen LogP contribution in [0.1, 0.15) is 13.3 Å². The van der Waals surface area contributed by atoms with Gasteiger partial charge < -0.3 is 15.4 Å². The van der Waals surface area contributed by atoms with E-state index >= 15 is 0 Å². The van der Waals surface area contributed by atoms with Crippen molar-refractivity contribution in [1.29, 1.82) is 5.41 Å². The van der Waals surface area contributed by atoms with E-state index in [1.54, 1.807) is 13.3 Å². The monoisotopic (exact) mass is 222 g/mol.